The second-order valence-electron chi connectivity index (χ2n) is 7.85. The Balaban J connectivity index is 1.55. The fourth-order valence-corrected chi connectivity index (χ4v) is 6.88. The SMILES string of the molecule is CN1C(=C2SC(=Nc3ccc(Cl)cc3)N(C3CCCCC3)C2=O)Sc2ccc(Cl)cc21. The Bertz CT molecular complexity index is 1090. The number of carbonyl (C=O) groups excluding carboxylic acids is 1. The van der Waals surface area contributed by atoms with Crippen molar-refractivity contribution in [3.8, 4) is 0 Å². The van der Waals surface area contributed by atoms with Gasteiger partial charge in [-0.1, -0.05) is 54.2 Å². The lowest BCUT2D eigenvalue weighted by Crippen LogP contribution is -2.40. The van der Waals surface area contributed by atoms with Crippen LogP contribution in [0, 0.1) is 0 Å². The van der Waals surface area contributed by atoms with Gasteiger partial charge in [0.05, 0.1) is 16.4 Å². The van der Waals surface area contributed by atoms with Crippen molar-refractivity contribution in [2.75, 3.05) is 11.9 Å². The Morgan fingerprint density at radius 1 is 0.968 bits per heavy atom. The van der Waals surface area contributed by atoms with Crippen molar-refractivity contribution in [1.29, 1.82) is 0 Å². The minimum absolute atomic E-state index is 0.0536. The van der Waals surface area contributed by atoms with Gasteiger partial charge in [-0.15, -0.1) is 0 Å². The summed E-state index contributed by atoms with van der Waals surface area (Å²) in [5.74, 6) is 0.0536. The Hall–Kier alpha value is -1.60. The van der Waals surface area contributed by atoms with E-state index in [0.717, 1.165) is 57.1 Å². The number of fused-ring (bicyclic) bond motifs is 1. The van der Waals surface area contributed by atoms with Gasteiger partial charge < -0.3 is 4.90 Å². The van der Waals surface area contributed by atoms with Gasteiger partial charge in [0, 0.05) is 28.0 Å². The number of nitrogens with zero attached hydrogens (tertiary/aromatic N) is 3. The second kappa shape index (κ2) is 8.74. The molecule has 31 heavy (non-hydrogen) atoms. The summed E-state index contributed by atoms with van der Waals surface area (Å²) >= 11 is 15.3. The van der Waals surface area contributed by atoms with Gasteiger partial charge >= 0.3 is 0 Å². The van der Waals surface area contributed by atoms with Crippen LogP contribution in [-0.2, 0) is 4.79 Å². The minimum atomic E-state index is 0.0536. The highest BCUT2D eigenvalue weighted by Gasteiger charge is 2.42. The molecule has 0 unspecified atom stereocenters. The monoisotopic (exact) mass is 489 g/mol. The molecule has 2 fully saturated rings. The Morgan fingerprint density at radius 3 is 2.42 bits per heavy atom. The highest BCUT2D eigenvalue weighted by molar-refractivity contribution is 8.19. The predicted octanol–water partition coefficient (Wildman–Crippen LogP) is 7.30. The molecule has 5 rings (SSSR count). The third-order valence-corrected chi connectivity index (χ3v) is 8.69. The number of hydrogen-bond acceptors (Lipinski definition) is 5. The van der Waals surface area contributed by atoms with Crippen molar-refractivity contribution < 1.29 is 4.79 Å². The Morgan fingerprint density at radius 2 is 1.68 bits per heavy atom. The van der Waals surface area contributed by atoms with Gasteiger partial charge in [-0.3, -0.25) is 9.69 Å². The quantitative estimate of drug-likeness (QED) is 0.414. The highest BCUT2D eigenvalue weighted by atomic mass is 35.5. The predicted molar refractivity (Wildman–Crippen MR) is 133 cm³/mol. The number of aliphatic imine (C=N–C) groups is 1. The molecule has 8 heteroatoms. The second-order valence-corrected chi connectivity index (χ2v) is 10.7. The lowest BCUT2D eigenvalue weighted by atomic mass is 9.94. The maximum absolute atomic E-state index is 13.7. The Kier molecular flexibility index (Phi) is 5.99. The van der Waals surface area contributed by atoms with E-state index in [1.165, 1.54) is 18.2 Å². The van der Waals surface area contributed by atoms with E-state index in [4.69, 9.17) is 28.2 Å². The molecule has 0 spiro atoms. The van der Waals surface area contributed by atoms with E-state index in [0.29, 0.717) is 10.0 Å². The fraction of sp³-hybridized carbons (Fsp3) is 0.304. The smallest absolute Gasteiger partial charge is 0.269 e. The molecule has 160 valence electrons. The first-order valence-corrected chi connectivity index (χ1v) is 12.7. The van der Waals surface area contributed by atoms with E-state index in [-0.39, 0.29) is 11.9 Å². The van der Waals surface area contributed by atoms with Gasteiger partial charge in [-0.2, -0.15) is 0 Å². The number of carbonyl (C=O) groups is 1. The van der Waals surface area contributed by atoms with Gasteiger partial charge in [0.1, 0.15) is 4.91 Å². The summed E-state index contributed by atoms with van der Waals surface area (Å²) in [4.78, 5) is 24.4. The van der Waals surface area contributed by atoms with E-state index < -0.39 is 0 Å². The van der Waals surface area contributed by atoms with Crippen LogP contribution in [0.2, 0.25) is 10.0 Å². The van der Waals surface area contributed by atoms with Crippen LogP contribution in [0.4, 0.5) is 11.4 Å². The summed E-state index contributed by atoms with van der Waals surface area (Å²) in [6.07, 6.45) is 5.58. The van der Waals surface area contributed by atoms with Crippen molar-refractivity contribution in [2.24, 2.45) is 4.99 Å². The molecule has 2 aromatic carbocycles. The number of hydrogen-bond donors (Lipinski definition) is 0. The normalized spacial score (nSPS) is 23.2. The molecule has 1 saturated carbocycles. The first-order chi connectivity index (χ1) is 15.0. The standard InChI is InChI=1S/C23H21Cl2N3OS2/c1-27-18-13-15(25)9-12-19(18)30-22(27)20-21(29)28(17-5-3-2-4-6-17)23(31-20)26-16-10-7-14(24)8-11-16/h7-13,17H,2-6H2,1H3. The molecule has 1 saturated heterocycles. The molecule has 0 atom stereocenters. The van der Waals surface area contributed by atoms with Crippen LogP contribution < -0.4 is 4.90 Å². The third kappa shape index (κ3) is 4.11. The first kappa shape index (κ1) is 21.3. The molecule has 2 aliphatic heterocycles. The van der Waals surface area contributed by atoms with Crippen LogP contribution in [0.5, 0.6) is 0 Å². The van der Waals surface area contributed by atoms with Crippen molar-refractivity contribution in [3.63, 3.8) is 0 Å². The number of rotatable bonds is 2. The summed E-state index contributed by atoms with van der Waals surface area (Å²) < 4.78 is 0. The maximum atomic E-state index is 13.7. The van der Waals surface area contributed by atoms with E-state index >= 15 is 0 Å². The van der Waals surface area contributed by atoms with Crippen LogP contribution in [-0.4, -0.2) is 29.1 Å². The number of amides is 1. The molecule has 1 aliphatic carbocycles. The van der Waals surface area contributed by atoms with E-state index in [1.807, 2.05) is 54.4 Å². The molecule has 1 amide bonds. The van der Waals surface area contributed by atoms with Crippen molar-refractivity contribution >= 4 is 69.2 Å². The molecule has 0 N–H and O–H groups in total. The first-order valence-electron chi connectivity index (χ1n) is 10.3. The summed E-state index contributed by atoms with van der Waals surface area (Å²) in [5, 5.41) is 3.06. The number of anilines is 1. The number of amidine groups is 1. The summed E-state index contributed by atoms with van der Waals surface area (Å²) in [7, 11) is 1.99. The zero-order chi connectivity index (χ0) is 21.5. The van der Waals surface area contributed by atoms with Crippen molar-refractivity contribution in [3.05, 3.63) is 62.4 Å². The summed E-state index contributed by atoms with van der Waals surface area (Å²) in [6.45, 7) is 0. The number of halogens is 2. The van der Waals surface area contributed by atoms with Gasteiger partial charge in [-0.25, -0.2) is 4.99 Å². The van der Waals surface area contributed by atoms with Crippen LogP contribution >= 0.6 is 46.7 Å². The van der Waals surface area contributed by atoms with E-state index in [2.05, 4.69) is 4.90 Å². The lowest BCUT2D eigenvalue weighted by molar-refractivity contribution is -0.124. The van der Waals surface area contributed by atoms with E-state index in [9.17, 15) is 4.79 Å². The molecule has 3 aliphatic rings. The molecular weight excluding hydrogens is 469 g/mol. The van der Waals surface area contributed by atoms with Crippen LogP contribution in [0.3, 0.4) is 0 Å². The number of benzene rings is 2. The minimum Gasteiger partial charge on any atom is -0.337 e. The molecule has 2 heterocycles. The van der Waals surface area contributed by atoms with Crippen LogP contribution in [0.25, 0.3) is 0 Å². The van der Waals surface area contributed by atoms with Gasteiger partial charge in [-0.05, 0) is 67.1 Å². The molecule has 0 bridgehead atoms. The topological polar surface area (TPSA) is 35.9 Å². The average Bonchev–Trinajstić information content (AvgIpc) is 3.26. The van der Waals surface area contributed by atoms with Gasteiger partial charge in [0.25, 0.3) is 5.91 Å². The highest BCUT2D eigenvalue weighted by Crippen LogP contribution is 2.51. The molecule has 0 aromatic heterocycles. The zero-order valence-corrected chi connectivity index (χ0v) is 20.1. The van der Waals surface area contributed by atoms with Crippen molar-refractivity contribution in [1.82, 2.24) is 4.90 Å². The summed E-state index contributed by atoms with van der Waals surface area (Å²) in [6, 6.07) is 13.5. The molecule has 0 radical (unpaired) electrons. The Labute approximate surface area is 200 Å². The summed E-state index contributed by atoms with van der Waals surface area (Å²) in [5.41, 5.74) is 1.83. The molecule has 2 aromatic rings. The fourth-order valence-electron chi connectivity index (χ4n) is 4.20. The largest absolute Gasteiger partial charge is 0.337 e. The van der Waals surface area contributed by atoms with Gasteiger partial charge in [0.15, 0.2) is 5.17 Å². The van der Waals surface area contributed by atoms with E-state index in [1.54, 1.807) is 11.8 Å². The average molecular weight is 490 g/mol. The van der Waals surface area contributed by atoms with Gasteiger partial charge in [0.2, 0.25) is 0 Å². The molecular formula is C23H21Cl2N3OS2. The maximum Gasteiger partial charge on any atom is 0.269 e. The lowest BCUT2D eigenvalue weighted by Gasteiger charge is -2.30. The van der Waals surface area contributed by atoms with Crippen LogP contribution in [0.1, 0.15) is 32.1 Å². The van der Waals surface area contributed by atoms with Crippen molar-refractivity contribution in [2.45, 2.75) is 43.0 Å². The third-order valence-electron chi connectivity index (χ3n) is 5.79. The number of thioether (sulfide) groups is 2. The molecule has 4 nitrogen and oxygen atoms in total. The van der Waals surface area contributed by atoms with Crippen LogP contribution in [0.15, 0.2) is 62.3 Å². The zero-order valence-electron chi connectivity index (χ0n) is 17.0.